The van der Waals surface area contributed by atoms with Gasteiger partial charge in [0.2, 0.25) is 5.91 Å². The van der Waals surface area contributed by atoms with Gasteiger partial charge in [0.1, 0.15) is 11.7 Å². The lowest BCUT2D eigenvalue weighted by Gasteiger charge is -2.27. The van der Waals surface area contributed by atoms with E-state index in [1.807, 2.05) is 30.3 Å². The van der Waals surface area contributed by atoms with E-state index in [0.717, 1.165) is 5.69 Å². The predicted octanol–water partition coefficient (Wildman–Crippen LogP) is 1.96. The number of fused-ring (bicyclic) bond motifs is 1. The number of benzene rings is 2. The number of hydrogen-bond donors (Lipinski definition) is 1. The highest BCUT2D eigenvalue weighted by Gasteiger charge is 2.56. The molecule has 6 heteroatoms. The van der Waals surface area contributed by atoms with Crippen molar-refractivity contribution in [1.29, 1.82) is 0 Å². The largest absolute Gasteiger partial charge is 0.294 e. The number of carbonyl (C=O) groups excluding carboxylic acids is 2. The Hall–Kier alpha value is -2.73. The molecule has 1 N–H and O–H groups in total. The van der Waals surface area contributed by atoms with Gasteiger partial charge >= 0.3 is 0 Å². The molecule has 2 saturated heterocycles. The number of halogens is 1. The molecular weight excluding hydrogens is 299 g/mol. The summed E-state index contributed by atoms with van der Waals surface area (Å²) in [5.74, 6) is -1.83. The van der Waals surface area contributed by atoms with E-state index in [0.29, 0.717) is 5.56 Å². The first-order valence-corrected chi connectivity index (χ1v) is 7.26. The number of hydrogen-bond acceptors (Lipinski definition) is 4. The number of nitrogens with zero attached hydrogens (tertiary/aromatic N) is 1. The van der Waals surface area contributed by atoms with Crippen molar-refractivity contribution in [3.8, 4) is 0 Å². The van der Waals surface area contributed by atoms with Crippen molar-refractivity contribution < 1.29 is 18.8 Å². The van der Waals surface area contributed by atoms with Gasteiger partial charge in [0, 0.05) is 0 Å². The van der Waals surface area contributed by atoms with Crippen LogP contribution in [0, 0.1) is 11.7 Å². The van der Waals surface area contributed by atoms with Gasteiger partial charge in [-0.2, -0.15) is 0 Å². The van der Waals surface area contributed by atoms with E-state index in [-0.39, 0.29) is 11.7 Å². The topological polar surface area (TPSA) is 58.6 Å². The summed E-state index contributed by atoms with van der Waals surface area (Å²) in [5.41, 5.74) is 1.45. The van der Waals surface area contributed by atoms with Crippen molar-refractivity contribution in [2.24, 2.45) is 5.92 Å². The third-order valence-electron chi connectivity index (χ3n) is 4.18. The Labute approximate surface area is 131 Å². The number of imide groups is 1. The maximum atomic E-state index is 13.2. The zero-order chi connectivity index (χ0) is 16.0. The van der Waals surface area contributed by atoms with Crippen molar-refractivity contribution in [3.05, 3.63) is 66.0 Å². The second-order valence-corrected chi connectivity index (χ2v) is 5.56. The van der Waals surface area contributed by atoms with Gasteiger partial charge < -0.3 is 0 Å². The molecule has 2 aromatic rings. The molecule has 2 heterocycles. The maximum absolute atomic E-state index is 13.2. The van der Waals surface area contributed by atoms with Crippen LogP contribution in [0.5, 0.6) is 0 Å². The minimum Gasteiger partial charge on any atom is -0.294 e. The van der Waals surface area contributed by atoms with Crippen LogP contribution in [-0.4, -0.2) is 17.9 Å². The summed E-state index contributed by atoms with van der Waals surface area (Å²) < 4.78 is 13.2. The smallest absolute Gasteiger partial charge is 0.259 e. The molecule has 0 radical (unpaired) electrons. The standard InChI is InChI=1S/C17H13FN2O3/c18-11-8-6-10(7-9-11)14-13-15(17(22)19-16(13)21)23-20(14)12-4-2-1-3-5-12/h1-9,13-15H,(H,19,21,22)/t13-,14+,15+/m0/s1. The number of rotatable bonds is 2. The average molecular weight is 312 g/mol. The number of hydroxylamine groups is 1. The summed E-state index contributed by atoms with van der Waals surface area (Å²) in [7, 11) is 0. The van der Waals surface area contributed by atoms with Crippen molar-refractivity contribution in [3.63, 3.8) is 0 Å². The van der Waals surface area contributed by atoms with Crippen LogP contribution in [0.2, 0.25) is 0 Å². The number of anilines is 1. The lowest BCUT2D eigenvalue weighted by atomic mass is 9.90. The van der Waals surface area contributed by atoms with Crippen LogP contribution in [0.3, 0.4) is 0 Å². The van der Waals surface area contributed by atoms with Gasteiger partial charge in [0.05, 0.1) is 11.7 Å². The van der Waals surface area contributed by atoms with E-state index in [1.165, 1.54) is 12.1 Å². The molecule has 0 unspecified atom stereocenters. The molecule has 2 fully saturated rings. The van der Waals surface area contributed by atoms with E-state index in [4.69, 9.17) is 4.84 Å². The highest BCUT2D eigenvalue weighted by molar-refractivity contribution is 6.07. The summed E-state index contributed by atoms with van der Waals surface area (Å²) in [4.78, 5) is 29.9. The molecule has 3 atom stereocenters. The predicted molar refractivity (Wildman–Crippen MR) is 79.6 cm³/mol. The Morgan fingerprint density at radius 2 is 1.65 bits per heavy atom. The molecule has 0 bridgehead atoms. The van der Waals surface area contributed by atoms with E-state index in [1.54, 1.807) is 17.2 Å². The lowest BCUT2D eigenvalue weighted by molar-refractivity contribution is -0.129. The van der Waals surface area contributed by atoms with E-state index in [9.17, 15) is 14.0 Å². The molecule has 0 spiro atoms. The molecule has 2 aliphatic rings. The number of carbonyl (C=O) groups is 2. The fourth-order valence-electron chi connectivity index (χ4n) is 3.13. The normalized spacial score (nSPS) is 26.3. The second kappa shape index (κ2) is 5.17. The summed E-state index contributed by atoms with van der Waals surface area (Å²) in [6, 6.07) is 14.6. The zero-order valence-electron chi connectivity index (χ0n) is 12.0. The first kappa shape index (κ1) is 13.9. The van der Waals surface area contributed by atoms with Gasteiger partial charge in [-0.1, -0.05) is 30.3 Å². The van der Waals surface area contributed by atoms with Crippen molar-refractivity contribution in [2.75, 3.05) is 5.06 Å². The van der Waals surface area contributed by atoms with Gasteiger partial charge in [0.15, 0.2) is 6.10 Å². The van der Waals surface area contributed by atoms with E-state index < -0.39 is 24.0 Å². The Morgan fingerprint density at radius 3 is 2.35 bits per heavy atom. The highest BCUT2D eigenvalue weighted by Crippen LogP contribution is 2.44. The summed E-state index contributed by atoms with van der Waals surface area (Å²) in [6.07, 6.45) is -0.863. The van der Waals surface area contributed by atoms with Crippen LogP contribution in [0.25, 0.3) is 0 Å². The third kappa shape index (κ3) is 2.19. The van der Waals surface area contributed by atoms with Crippen LogP contribution in [0.15, 0.2) is 54.6 Å². The van der Waals surface area contributed by atoms with Crippen LogP contribution >= 0.6 is 0 Å². The zero-order valence-corrected chi connectivity index (χ0v) is 12.0. The number of para-hydroxylation sites is 1. The van der Waals surface area contributed by atoms with Crippen LogP contribution < -0.4 is 10.4 Å². The van der Waals surface area contributed by atoms with Gasteiger partial charge in [-0.25, -0.2) is 9.45 Å². The minimum atomic E-state index is -0.863. The van der Waals surface area contributed by atoms with Crippen LogP contribution in [0.1, 0.15) is 11.6 Å². The summed E-state index contributed by atoms with van der Waals surface area (Å²) >= 11 is 0. The molecule has 2 amide bonds. The Morgan fingerprint density at radius 1 is 0.957 bits per heavy atom. The number of amides is 2. The van der Waals surface area contributed by atoms with Gasteiger partial charge in [-0.15, -0.1) is 0 Å². The summed E-state index contributed by atoms with van der Waals surface area (Å²) in [6.45, 7) is 0. The fourth-order valence-corrected chi connectivity index (χ4v) is 3.13. The highest BCUT2D eigenvalue weighted by atomic mass is 19.1. The van der Waals surface area contributed by atoms with E-state index in [2.05, 4.69) is 5.32 Å². The molecule has 4 rings (SSSR count). The Bertz CT molecular complexity index is 763. The molecule has 0 aliphatic carbocycles. The van der Waals surface area contributed by atoms with Crippen molar-refractivity contribution in [1.82, 2.24) is 5.32 Å². The minimum absolute atomic E-state index is 0.359. The molecule has 2 aromatic carbocycles. The Kier molecular flexibility index (Phi) is 3.12. The van der Waals surface area contributed by atoms with Gasteiger partial charge in [-0.05, 0) is 29.8 Å². The first-order valence-electron chi connectivity index (χ1n) is 7.26. The molecule has 2 aliphatic heterocycles. The molecule has 116 valence electrons. The van der Waals surface area contributed by atoms with E-state index >= 15 is 0 Å². The van der Waals surface area contributed by atoms with Crippen molar-refractivity contribution >= 4 is 17.5 Å². The third-order valence-corrected chi connectivity index (χ3v) is 4.18. The SMILES string of the molecule is O=C1NC(=O)[C@@H]2ON(c3ccccc3)[C@H](c3ccc(F)cc3)[C@H]12. The van der Waals surface area contributed by atoms with Crippen LogP contribution in [0.4, 0.5) is 10.1 Å². The lowest BCUT2D eigenvalue weighted by Crippen LogP contribution is -2.33. The first-order chi connectivity index (χ1) is 11.1. The van der Waals surface area contributed by atoms with Crippen molar-refractivity contribution in [2.45, 2.75) is 12.1 Å². The Balaban J connectivity index is 1.80. The molecular formula is C17H13FN2O3. The van der Waals surface area contributed by atoms with Gasteiger partial charge in [0.25, 0.3) is 5.91 Å². The fraction of sp³-hybridized carbons (Fsp3) is 0.176. The van der Waals surface area contributed by atoms with Crippen LogP contribution in [-0.2, 0) is 14.4 Å². The summed E-state index contributed by atoms with van der Waals surface area (Å²) in [5, 5.41) is 3.87. The average Bonchev–Trinajstić information content (AvgIpc) is 3.08. The number of nitrogens with one attached hydrogen (secondary N) is 1. The molecule has 23 heavy (non-hydrogen) atoms. The molecule has 5 nitrogen and oxygen atoms in total. The second-order valence-electron chi connectivity index (χ2n) is 5.56. The maximum Gasteiger partial charge on any atom is 0.259 e. The monoisotopic (exact) mass is 312 g/mol. The van der Waals surface area contributed by atoms with Gasteiger partial charge in [-0.3, -0.25) is 19.7 Å². The quantitative estimate of drug-likeness (QED) is 0.861. The molecule has 0 aromatic heterocycles. The molecule has 0 saturated carbocycles.